The van der Waals surface area contributed by atoms with Crippen molar-refractivity contribution < 1.29 is 17.9 Å². The number of halogens is 3. The van der Waals surface area contributed by atoms with E-state index in [2.05, 4.69) is 29.0 Å². The van der Waals surface area contributed by atoms with Gasteiger partial charge in [-0.25, -0.2) is 0 Å². The maximum absolute atomic E-state index is 12.3. The smallest absolute Gasteiger partial charge is 0.406 e. The first kappa shape index (κ1) is 19.4. The molecule has 2 aromatic carbocycles. The van der Waals surface area contributed by atoms with Gasteiger partial charge in [0.25, 0.3) is 0 Å². The molecule has 0 unspecified atom stereocenters. The van der Waals surface area contributed by atoms with Gasteiger partial charge in [-0.2, -0.15) is 0 Å². The Hall–Kier alpha value is -1.97. The molecule has 0 N–H and O–H groups in total. The van der Waals surface area contributed by atoms with E-state index in [9.17, 15) is 13.2 Å². The molecule has 0 spiro atoms. The first-order valence-corrected chi connectivity index (χ1v) is 10.4. The average molecular weight is 388 g/mol. The molecule has 0 amide bonds. The molecule has 4 heteroatoms. The van der Waals surface area contributed by atoms with Gasteiger partial charge in [-0.15, -0.1) is 13.2 Å². The standard InChI is InChI=1S/C24H27F3O/c25-24(26,27)28-23-15-13-22(14-16-23)21-11-9-20(10-12-21)19-7-5-18(6-8-19)17-3-1-2-4-17/h9-19H,1-8H2/t18-,19-. The fourth-order valence-corrected chi connectivity index (χ4v) is 5.15. The molecule has 2 fully saturated rings. The van der Waals surface area contributed by atoms with Crippen LogP contribution >= 0.6 is 0 Å². The molecule has 0 aliphatic heterocycles. The Labute approximate surface area is 164 Å². The van der Waals surface area contributed by atoms with Crippen molar-refractivity contribution >= 4 is 0 Å². The zero-order valence-corrected chi connectivity index (χ0v) is 16.0. The lowest BCUT2D eigenvalue weighted by atomic mass is 9.73. The largest absolute Gasteiger partial charge is 0.573 e. The van der Waals surface area contributed by atoms with E-state index in [0.717, 1.165) is 23.0 Å². The second-order valence-corrected chi connectivity index (χ2v) is 8.35. The molecule has 2 aliphatic rings. The SMILES string of the molecule is FC(F)(F)Oc1ccc(-c2ccc([C@H]3CC[C@H](C4CCCC4)CC3)cc2)cc1. The number of ether oxygens (including phenoxy) is 1. The van der Waals surface area contributed by atoms with E-state index < -0.39 is 6.36 Å². The minimum Gasteiger partial charge on any atom is -0.406 e. The normalized spacial score (nSPS) is 23.7. The molecule has 28 heavy (non-hydrogen) atoms. The zero-order valence-electron chi connectivity index (χ0n) is 16.0. The molecule has 2 saturated carbocycles. The lowest BCUT2D eigenvalue weighted by Crippen LogP contribution is -2.19. The van der Waals surface area contributed by atoms with Crippen LogP contribution in [0.2, 0.25) is 0 Å². The number of benzene rings is 2. The van der Waals surface area contributed by atoms with Gasteiger partial charge in [0.15, 0.2) is 0 Å². The Balaban J connectivity index is 1.36. The third kappa shape index (κ3) is 4.71. The van der Waals surface area contributed by atoms with E-state index in [4.69, 9.17) is 0 Å². The van der Waals surface area contributed by atoms with Crippen molar-refractivity contribution in [1.82, 2.24) is 0 Å². The molecule has 1 nitrogen and oxygen atoms in total. The summed E-state index contributed by atoms with van der Waals surface area (Å²) in [4.78, 5) is 0. The van der Waals surface area contributed by atoms with Gasteiger partial charge in [0.2, 0.25) is 0 Å². The first-order chi connectivity index (χ1) is 13.5. The van der Waals surface area contributed by atoms with Crippen LogP contribution in [0.1, 0.15) is 62.8 Å². The average Bonchev–Trinajstić information content (AvgIpc) is 3.23. The molecule has 4 rings (SSSR count). The van der Waals surface area contributed by atoms with Crippen LogP contribution < -0.4 is 4.74 Å². The van der Waals surface area contributed by atoms with Crippen molar-refractivity contribution in [3.8, 4) is 16.9 Å². The molecule has 2 aliphatic carbocycles. The van der Waals surface area contributed by atoms with E-state index in [-0.39, 0.29) is 5.75 Å². The van der Waals surface area contributed by atoms with Crippen molar-refractivity contribution in [3.63, 3.8) is 0 Å². The van der Waals surface area contributed by atoms with Gasteiger partial charge in [-0.1, -0.05) is 62.1 Å². The molecule has 0 bridgehead atoms. The maximum atomic E-state index is 12.3. The highest BCUT2D eigenvalue weighted by Gasteiger charge is 2.31. The summed E-state index contributed by atoms with van der Waals surface area (Å²) in [6, 6.07) is 14.6. The van der Waals surface area contributed by atoms with Crippen LogP contribution in [-0.4, -0.2) is 6.36 Å². The van der Waals surface area contributed by atoms with E-state index in [0.29, 0.717) is 5.92 Å². The Morgan fingerprint density at radius 2 is 1.14 bits per heavy atom. The summed E-state index contributed by atoms with van der Waals surface area (Å²) < 4.78 is 40.8. The lowest BCUT2D eigenvalue weighted by molar-refractivity contribution is -0.274. The molecule has 0 aromatic heterocycles. The summed E-state index contributed by atoms with van der Waals surface area (Å²) >= 11 is 0. The Morgan fingerprint density at radius 1 is 0.643 bits per heavy atom. The minimum atomic E-state index is -4.65. The van der Waals surface area contributed by atoms with Crippen LogP contribution in [0.25, 0.3) is 11.1 Å². The summed E-state index contributed by atoms with van der Waals surface area (Å²) in [6.07, 6.45) is 6.36. The van der Waals surface area contributed by atoms with Crippen molar-refractivity contribution in [1.29, 1.82) is 0 Å². The summed E-state index contributed by atoms with van der Waals surface area (Å²) in [5, 5.41) is 0. The summed E-state index contributed by atoms with van der Waals surface area (Å²) in [5.74, 6) is 2.38. The third-order valence-corrected chi connectivity index (χ3v) is 6.64. The van der Waals surface area contributed by atoms with E-state index >= 15 is 0 Å². The van der Waals surface area contributed by atoms with E-state index in [1.54, 1.807) is 12.1 Å². The van der Waals surface area contributed by atoms with E-state index in [1.165, 1.54) is 69.1 Å². The highest BCUT2D eigenvalue weighted by atomic mass is 19.4. The Bertz CT molecular complexity index is 750. The van der Waals surface area contributed by atoms with Gasteiger partial charge in [-0.05, 0) is 72.3 Å². The molecule has 0 heterocycles. The highest BCUT2D eigenvalue weighted by Crippen LogP contribution is 2.43. The fourth-order valence-electron chi connectivity index (χ4n) is 5.15. The molecule has 0 atom stereocenters. The monoisotopic (exact) mass is 388 g/mol. The van der Waals surface area contributed by atoms with Crippen LogP contribution in [0, 0.1) is 11.8 Å². The molecule has 2 aromatic rings. The van der Waals surface area contributed by atoms with Crippen LogP contribution in [0.5, 0.6) is 5.75 Å². The maximum Gasteiger partial charge on any atom is 0.573 e. The molecular formula is C24H27F3O. The molecule has 0 radical (unpaired) electrons. The molecular weight excluding hydrogens is 361 g/mol. The summed E-state index contributed by atoms with van der Waals surface area (Å²) in [6.45, 7) is 0. The van der Waals surface area contributed by atoms with Gasteiger partial charge >= 0.3 is 6.36 Å². The van der Waals surface area contributed by atoms with Crippen LogP contribution in [0.3, 0.4) is 0 Å². The van der Waals surface area contributed by atoms with Gasteiger partial charge in [0.05, 0.1) is 0 Å². The van der Waals surface area contributed by atoms with Gasteiger partial charge in [0, 0.05) is 0 Å². The first-order valence-electron chi connectivity index (χ1n) is 10.4. The quantitative estimate of drug-likeness (QED) is 0.521. The third-order valence-electron chi connectivity index (χ3n) is 6.64. The van der Waals surface area contributed by atoms with Crippen molar-refractivity contribution in [3.05, 3.63) is 54.1 Å². The zero-order chi connectivity index (χ0) is 19.6. The van der Waals surface area contributed by atoms with Crippen molar-refractivity contribution in [2.45, 2.75) is 63.6 Å². The summed E-state index contributed by atoms with van der Waals surface area (Å²) in [5.41, 5.74) is 3.30. The fraction of sp³-hybridized carbons (Fsp3) is 0.500. The van der Waals surface area contributed by atoms with Crippen molar-refractivity contribution in [2.24, 2.45) is 11.8 Å². The van der Waals surface area contributed by atoms with Crippen LogP contribution in [0.4, 0.5) is 13.2 Å². The number of rotatable bonds is 4. The van der Waals surface area contributed by atoms with Crippen LogP contribution in [0.15, 0.2) is 48.5 Å². The Morgan fingerprint density at radius 3 is 1.68 bits per heavy atom. The number of alkyl halides is 3. The second-order valence-electron chi connectivity index (χ2n) is 8.35. The number of hydrogen-bond acceptors (Lipinski definition) is 1. The van der Waals surface area contributed by atoms with Gasteiger partial charge in [0.1, 0.15) is 5.75 Å². The number of hydrogen-bond donors (Lipinski definition) is 0. The second kappa shape index (κ2) is 8.18. The van der Waals surface area contributed by atoms with Crippen LogP contribution in [-0.2, 0) is 0 Å². The predicted molar refractivity (Wildman–Crippen MR) is 105 cm³/mol. The minimum absolute atomic E-state index is 0.188. The van der Waals surface area contributed by atoms with Crippen molar-refractivity contribution in [2.75, 3.05) is 0 Å². The molecule has 0 saturated heterocycles. The topological polar surface area (TPSA) is 9.23 Å². The lowest BCUT2D eigenvalue weighted by Gasteiger charge is -2.32. The molecule has 150 valence electrons. The predicted octanol–water partition coefficient (Wildman–Crippen LogP) is 7.72. The highest BCUT2D eigenvalue weighted by molar-refractivity contribution is 5.64. The summed E-state index contributed by atoms with van der Waals surface area (Å²) in [7, 11) is 0. The van der Waals surface area contributed by atoms with E-state index in [1.807, 2.05) is 0 Å². The van der Waals surface area contributed by atoms with Gasteiger partial charge < -0.3 is 4.74 Å². The Kier molecular flexibility index (Phi) is 5.65. The van der Waals surface area contributed by atoms with Gasteiger partial charge in [-0.3, -0.25) is 0 Å².